The fraction of sp³-hybridized carbons (Fsp3) is 0.421. The maximum absolute atomic E-state index is 13.9. The van der Waals surface area contributed by atoms with Crippen LogP contribution in [0.1, 0.15) is 29.8 Å². The summed E-state index contributed by atoms with van der Waals surface area (Å²) in [5.74, 6) is -3.49. The lowest BCUT2D eigenvalue weighted by Gasteiger charge is -2.21. The van der Waals surface area contributed by atoms with Gasteiger partial charge in [-0.2, -0.15) is 4.37 Å². The lowest BCUT2D eigenvalue weighted by molar-refractivity contribution is 0.0693. The zero-order chi connectivity index (χ0) is 23.8. The molecule has 1 unspecified atom stereocenters. The number of nitrogens with zero attached hydrogens (tertiary/aromatic N) is 2. The van der Waals surface area contributed by atoms with E-state index in [1.807, 2.05) is 18.7 Å². The van der Waals surface area contributed by atoms with E-state index in [1.165, 1.54) is 0 Å². The molecular weight excluding hydrogens is 470 g/mol. The van der Waals surface area contributed by atoms with Gasteiger partial charge in [0.05, 0.1) is 11.1 Å². The summed E-state index contributed by atoms with van der Waals surface area (Å²) in [6.07, 6.45) is -0.811. The number of carboxylic acid groups (broad SMARTS) is 1. The number of aliphatic hydroxyl groups is 1. The molecule has 0 saturated carbocycles. The molecule has 0 aliphatic carbocycles. The molecule has 2 aromatic rings. The first-order chi connectivity index (χ1) is 15.2. The van der Waals surface area contributed by atoms with Gasteiger partial charge in [0, 0.05) is 18.7 Å². The van der Waals surface area contributed by atoms with Crippen molar-refractivity contribution in [3.8, 4) is 5.88 Å². The highest BCUT2D eigenvalue weighted by molar-refractivity contribution is 7.11. The predicted molar refractivity (Wildman–Crippen MR) is 116 cm³/mol. The Hall–Kier alpha value is -2.54. The van der Waals surface area contributed by atoms with Crippen molar-refractivity contribution >= 4 is 40.1 Å². The minimum absolute atomic E-state index is 0.0473. The van der Waals surface area contributed by atoms with Crippen LogP contribution in [0.4, 0.5) is 18.6 Å². The molecule has 1 aromatic heterocycles. The first-order valence-corrected chi connectivity index (χ1v) is 10.8. The largest absolute Gasteiger partial charge is 0.477 e. The summed E-state index contributed by atoms with van der Waals surface area (Å²) in [5, 5.41) is 23.8. The van der Waals surface area contributed by atoms with Crippen LogP contribution in [0.2, 0.25) is 5.02 Å². The number of carboxylic acids is 1. The minimum Gasteiger partial charge on any atom is -0.477 e. The van der Waals surface area contributed by atoms with Gasteiger partial charge in [0.1, 0.15) is 23.2 Å². The molecule has 0 bridgehead atoms. The van der Waals surface area contributed by atoms with Crippen molar-refractivity contribution in [1.29, 1.82) is 0 Å². The number of nitrogens with one attached hydrogen (secondary N) is 2. The Labute approximate surface area is 192 Å². The van der Waals surface area contributed by atoms with Crippen molar-refractivity contribution in [1.82, 2.24) is 14.6 Å². The quantitative estimate of drug-likeness (QED) is 0.355. The molecule has 2 amide bonds. The number of halogens is 3. The molecule has 13 heteroatoms. The molecule has 4 N–H and O–H groups in total. The van der Waals surface area contributed by atoms with Crippen LogP contribution in [0.15, 0.2) is 12.1 Å². The van der Waals surface area contributed by atoms with Crippen molar-refractivity contribution in [3.05, 3.63) is 39.9 Å². The zero-order valence-corrected chi connectivity index (χ0v) is 18.9. The average Bonchev–Trinajstić information content (AvgIpc) is 3.14. The zero-order valence-electron chi connectivity index (χ0n) is 17.3. The molecule has 0 aliphatic heterocycles. The number of rotatable bonds is 11. The smallest absolute Gasteiger partial charge is 0.344 e. The number of anilines is 1. The molecule has 0 aliphatic rings. The van der Waals surface area contributed by atoms with Crippen LogP contribution in [-0.2, 0) is 6.61 Å². The van der Waals surface area contributed by atoms with Crippen LogP contribution < -0.4 is 15.4 Å². The first-order valence-electron chi connectivity index (χ1n) is 9.60. The maximum Gasteiger partial charge on any atom is 0.344 e. The Morgan fingerprint density at radius 2 is 1.97 bits per heavy atom. The van der Waals surface area contributed by atoms with E-state index >= 15 is 0 Å². The Morgan fingerprint density at radius 3 is 2.59 bits per heavy atom. The molecule has 0 saturated heterocycles. The van der Waals surface area contributed by atoms with E-state index < -0.39 is 46.9 Å². The molecule has 2 rings (SSSR count). The van der Waals surface area contributed by atoms with Gasteiger partial charge in [-0.15, -0.1) is 0 Å². The number of hydrogen-bond acceptors (Lipinski definition) is 7. The van der Waals surface area contributed by atoms with E-state index in [9.17, 15) is 28.6 Å². The number of carbonyl (C=O) groups is 2. The Bertz CT molecular complexity index is 958. The SMILES string of the molecule is CCN(CC)CC(O)CNC(=O)Nc1snc(OCc2cc(F)c(Cl)cc2F)c1C(=O)O. The fourth-order valence-electron chi connectivity index (χ4n) is 2.67. The molecule has 32 heavy (non-hydrogen) atoms. The maximum atomic E-state index is 13.9. The van der Waals surface area contributed by atoms with Gasteiger partial charge in [0.25, 0.3) is 0 Å². The van der Waals surface area contributed by atoms with Crippen molar-refractivity contribution in [2.75, 3.05) is 31.5 Å². The monoisotopic (exact) mass is 492 g/mol. The molecular formula is C19H23ClF2N4O5S. The highest BCUT2D eigenvalue weighted by Crippen LogP contribution is 2.31. The highest BCUT2D eigenvalue weighted by atomic mass is 35.5. The van der Waals surface area contributed by atoms with E-state index in [-0.39, 0.29) is 23.0 Å². The van der Waals surface area contributed by atoms with E-state index in [1.54, 1.807) is 0 Å². The van der Waals surface area contributed by atoms with Crippen LogP contribution >= 0.6 is 23.1 Å². The van der Waals surface area contributed by atoms with Crippen molar-refractivity contribution < 1.29 is 33.3 Å². The number of urea groups is 1. The third kappa shape index (κ3) is 6.99. The van der Waals surface area contributed by atoms with Crippen LogP contribution in [0, 0.1) is 11.6 Å². The number of carbonyl (C=O) groups excluding carboxylic acids is 1. The van der Waals surface area contributed by atoms with Crippen LogP contribution in [0.25, 0.3) is 0 Å². The van der Waals surface area contributed by atoms with Gasteiger partial charge in [-0.25, -0.2) is 18.4 Å². The van der Waals surface area contributed by atoms with Gasteiger partial charge < -0.3 is 25.2 Å². The molecule has 1 atom stereocenters. The third-order valence-corrected chi connectivity index (χ3v) is 5.45. The fourth-order valence-corrected chi connectivity index (χ4v) is 3.54. The molecule has 176 valence electrons. The van der Waals surface area contributed by atoms with Crippen LogP contribution in [0.3, 0.4) is 0 Å². The molecule has 1 heterocycles. The van der Waals surface area contributed by atoms with Gasteiger partial charge in [-0.1, -0.05) is 25.4 Å². The van der Waals surface area contributed by atoms with E-state index in [0.717, 1.165) is 25.2 Å². The van der Waals surface area contributed by atoms with Crippen molar-refractivity contribution in [3.63, 3.8) is 0 Å². The number of benzene rings is 1. The average molecular weight is 493 g/mol. The van der Waals surface area contributed by atoms with Gasteiger partial charge in [0.15, 0.2) is 5.56 Å². The first kappa shape index (κ1) is 25.7. The second kappa shape index (κ2) is 11.9. The van der Waals surface area contributed by atoms with Gasteiger partial charge in [0.2, 0.25) is 5.88 Å². The molecule has 9 nitrogen and oxygen atoms in total. The van der Waals surface area contributed by atoms with E-state index in [0.29, 0.717) is 18.1 Å². The molecule has 0 spiro atoms. The Morgan fingerprint density at radius 1 is 1.28 bits per heavy atom. The topological polar surface area (TPSA) is 124 Å². The number of ether oxygens (including phenoxy) is 1. The Kier molecular flexibility index (Phi) is 9.57. The van der Waals surface area contributed by atoms with Crippen molar-refractivity contribution in [2.45, 2.75) is 26.6 Å². The summed E-state index contributed by atoms with van der Waals surface area (Å²) in [5.41, 5.74) is -0.630. The number of likely N-dealkylation sites (N-methyl/N-ethyl adjacent to an activating group) is 1. The summed E-state index contributed by atoms with van der Waals surface area (Å²) in [7, 11) is 0. The number of hydrogen-bond donors (Lipinski definition) is 4. The molecule has 0 radical (unpaired) electrons. The summed E-state index contributed by atoms with van der Waals surface area (Å²) >= 11 is 6.14. The van der Waals surface area contributed by atoms with Crippen LogP contribution in [-0.4, -0.2) is 63.8 Å². The molecule has 1 aromatic carbocycles. The summed E-state index contributed by atoms with van der Waals surface area (Å²) < 4.78 is 36.5. The lowest BCUT2D eigenvalue weighted by atomic mass is 10.2. The summed E-state index contributed by atoms with van der Waals surface area (Å²) in [4.78, 5) is 25.7. The van der Waals surface area contributed by atoms with Gasteiger partial charge in [-0.3, -0.25) is 5.32 Å². The summed E-state index contributed by atoms with van der Waals surface area (Å²) in [6.45, 7) is 5.21. The second-order valence-corrected chi connectivity index (χ2v) is 7.80. The highest BCUT2D eigenvalue weighted by Gasteiger charge is 2.24. The lowest BCUT2D eigenvalue weighted by Crippen LogP contribution is -2.41. The number of aromatic carboxylic acids is 1. The molecule has 0 fully saturated rings. The van der Waals surface area contributed by atoms with E-state index in [2.05, 4.69) is 15.0 Å². The number of amides is 2. The van der Waals surface area contributed by atoms with Crippen LogP contribution in [0.5, 0.6) is 5.88 Å². The van der Waals surface area contributed by atoms with Gasteiger partial charge in [-0.05, 0) is 36.8 Å². The normalized spacial score (nSPS) is 12.0. The number of aromatic nitrogens is 1. The standard InChI is InChI=1S/C19H23ClF2N4O5S/c1-3-26(4-2)8-11(27)7-23-19(30)24-17-15(18(28)29)16(25-32-17)31-9-10-5-14(22)12(20)6-13(10)21/h5-6,11,27H,3-4,7-9H2,1-2H3,(H,28,29)(H2,23,24,30). The Balaban J connectivity index is 2.01. The van der Waals surface area contributed by atoms with E-state index in [4.69, 9.17) is 16.3 Å². The van der Waals surface area contributed by atoms with Gasteiger partial charge >= 0.3 is 12.0 Å². The summed E-state index contributed by atoms with van der Waals surface area (Å²) in [6, 6.07) is 0.869. The number of aliphatic hydroxyl groups excluding tert-OH is 1. The minimum atomic E-state index is -1.44. The second-order valence-electron chi connectivity index (χ2n) is 6.62. The third-order valence-electron chi connectivity index (χ3n) is 4.42. The predicted octanol–water partition coefficient (Wildman–Crippen LogP) is 3.18. The van der Waals surface area contributed by atoms with Crippen molar-refractivity contribution in [2.24, 2.45) is 0 Å².